The lowest BCUT2D eigenvalue weighted by Crippen LogP contribution is -2.41. The Labute approximate surface area is 221 Å². The largest absolute Gasteiger partial charge is 0.378 e. The van der Waals surface area contributed by atoms with Crippen molar-refractivity contribution in [1.29, 1.82) is 0 Å². The second kappa shape index (κ2) is 11.3. The smallest absolute Gasteiger partial charge is 0.264 e. The van der Waals surface area contributed by atoms with Crippen LogP contribution in [-0.4, -0.2) is 58.0 Å². The summed E-state index contributed by atoms with van der Waals surface area (Å²) < 4.78 is 33.8. The quantitative estimate of drug-likeness (QED) is 0.482. The molecule has 37 heavy (non-hydrogen) atoms. The van der Waals surface area contributed by atoms with Gasteiger partial charge in [-0.3, -0.25) is 13.9 Å². The SMILES string of the molecule is Cc1ccc(S(=O)(=O)N(CC(=O)Nc2ccccc2C(=O)N2CCOCC2)c2cccc(Cl)c2C)cc1. The first kappa shape index (κ1) is 26.7. The third kappa shape index (κ3) is 5.95. The zero-order chi connectivity index (χ0) is 26.6. The normalized spacial score (nSPS) is 13.8. The molecule has 0 spiro atoms. The first-order valence-corrected chi connectivity index (χ1v) is 13.6. The predicted molar refractivity (Wildman–Crippen MR) is 144 cm³/mol. The molecule has 1 heterocycles. The summed E-state index contributed by atoms with van der Waals surface area (Å²) in [4.78, 5) is 28.1. The number of morpholine rings is 1. The molecule has 0 radical (unpaired) electrons. The van der Waals surface area contributed by atoms with Gasteiger partial charge >= 0.3 is 0 Å². The van der Waals surface area contributed by atoms with Gasteiger partial charge in [0.05, 0.1) is 35.0 Å². The molecule has 1 aliphatic heterocycles. The van der Waals surface area contributed by atoms with Crippen LogP contribution in [0.15, 0.2) is 71.6 Å². The molecule has 0 bridgehead atoms. The number of nitrogens with zero attached hydrogens (tertiary/aromatic N) is 2. The Kier molecular flexibility index (Phi) is 8.16. The van der Waals surface area contributed by atoms with Gasteiger partial charge in [-0.15, -0.1) is 0 Å². The maximum absolute atomic E-state index is 13.7. The van der Waals surface area contributed by atoms with Crippen LogP contribution in [-0.2, 0) is 19.6 Å². The summed E-state index contributed by atoms with van der Waals surface area (Å²) in [5, 5.41) is 3.12. The molecule has 0 aromatic heterocycles. The maximum atomic E-state index is 13.7. The monoisotopic (exact) mass is 541 g/mol. The van der Waals surface area contributed by atoms with Gasteiger partial charge in [0.25, 0.3) is 15.9 Å². The first-order valence-electron chi connectivity index (χ1n) is 11.8. The van der Waals surface area contributed by atoms with Gasteiger partial charge in [0.15, 0.2) is 0 Å². The highest BCUT2D eigenvalue weighted by molar-refractivity contribution is 7.92. The zero-order valence-corrected chi connectivity index (χ0v) is 22.2. The van der Waals surface area contributed by atoms with Crippen molar-refractivity contribution in [2.45, 2.75) is 18.7 Å². The third-order valence-corrected chi connectivity index (χ3v) is 8.32. The summed E-state index contributed by atoms with van der Waals surface area (Å²) in [5.41, 5.74) is 2.35. The topological polar surface area (TPSA) is 96.0 Å². The molecule has 1 N–H and O–H groups in total. The summed E-state index contributed by atoms with van der Waals surface area (Å²) in [6.45, 7) is 4.85. The van der Waals surface area contributed by atoms with E-state index in [1.54, 1.807) is 66.4 Å². The van der Waals surface area contributed by atoms with E-state index in [2.05, 4.69) is 5.32 Å². The van der Waals surface area contributed by atoms with Crippen LogP contribution in [0.2, 0.25) is 5.02 Å². The van der Waals surface area contributed by atoms with Crippen molar-refractivity contribution < 1.29 is 22.7 Å². The highest BCUT2D eigenvalue weighted by atomic mass is 35.5. The average Bonchev–Trinajstić information content (AvgIpc) is 2.90. The van der Waals surface area contributed by atoms with Crippen LogP contribution < -0.4 is 9.62 Å². The molecule has 4 rings (SSSR count). The fourth-order valence-electron chi connectivity index (χ4n) is 4.04. The number of carbonyl (C=O) groups excluding carboxylic acids is 2. The van der Waals surface area contributed by atoms with E-state index in [4.69, 9.17) is 16.3 Å². The van der Waals surface area contributed by atoms with Gasteiger partial charge < -0.3 is 15.0 Å². The summed E-state index contributed by atoms with van der Waals surface area (Å²) in [5.74, 6) is -0.827. The molecular formula is C27H28ClN3O5S. The number of halogens is 1. The number of benzene rings is 3. The molecule has 2 amide bonds. The van der Waals surface area contributed by atoms with E-state index in [9.17, 15) is 18.0 Å². The number of nitrogens with one attached hydrogen (secondary N) is 1. The molecule has 0 unspecified atom stereocenters. The van der Waals surface area contributed by atoms with Gasteiger partial charge in [-0.1, -0.05) is 47.5 Å². The highest BCUT2D eigenvalue weighted by Crippen LogP contribution is 2.31. The number of aryl methyl sites for hydroxylation is 1. The lowest BCUT2D eigenvalue weighted by Gasteiger charge is -2.28. The number of para-hydroxylation sites is 1. The number of carbonyl (C=O) groups is 2. The number of rotatable bonds is 7. The molecule has 1 saturated heterocycles. The fraction of sp³-hybridized carbons (Fsp3) is 0.259. The minimum absolute atomic E-state index is 0.0492. The van der Waals surface area contributed by atoms with E-state index in [1.165, 1.54) is 12.1 Å². The van der Waals surface area contributed by atoms with Crippen molar-refractivity contribution in [2.75, 3.05) is 42.5 Å². The lowest BCUT2D eigenvalue weighted by molar-refractivity contribution is -0.114. The summed E-state index contributed by atoms with van der Waals surface area (Å²) in [6, 6.07) is 18.0. The van der Waals surface area contributed by atoms with Gasteiger partial charge in [0, 0.05) is 18.1 Å². The molecule has 1 aliphatic rings. The number of amides is 2. The number of hydrogen-bond acceptors (Lipinski definition) is 5. The lowest BCUT2D eigenvalue weighted by atomic mass is 10.1. The molecular weight excluding hydrogens is 514 g/mol. The van der Waals surface area contributed by atoms with Gasteiger partial charge in [-0.25, -0.2) is 8.42 Å². The van der Waals surface area contributed by atoms with Crippen LogP contribution in [0.3, 0.4) is 0 Å². The van der Waals surface area contributed by atoms with Crippen LogP contribution in [0.1, 0.15) is 21.5 Å². The molecule has 3 aromatic rings. The number of sulfonamides is 1. The molecule has 10 heteroatoms. The number of ether oxygens (including phenoxy) is 1. The Morgan fingerprint density at radius 2 is 1.65 bits per heavy atom. The molecule has 3 aromatic carbocycles. The fourth-order valence-corrected chi connectivity index (χ4v) is 5.69. The Morgan fingerprint density at radius 1 is 0.973 bits per heavy atom. The van der Waals surface area contributed by atoms with Gasteiger partial charge in [0.2, 0.25) is 5.91 Å². The van der Waals surface area contributed by atoms with Gasteiger partial charge in [0.1, 0.15) is 6.54 Å². The Bertz CT molecular complexity index is 1400. The standard InChI is InChI=1S/C27H28ClN3O5S/c1-19-10-12-21(13-11-19)37(34,35)31(25-9-5-7-23(28)20(25)2)18-26(32)29-24-8-4-3-6-22(24)27(33)30-14-16-36-17-15-30/h3-13H,14-18H2,1-2H3,(H,29,32). The van der Waals surface area contributed by atoms with E-state index in [1.807, 2.05) is 6.92 Å². The molecule has 0 aliphatic carbocycles. The molecule has 8 nitrogen and oxygen atoms in total. The van der Waals surface area contributed by atoms with Crippen molar-refractivity contribution in [3.05, 3.63) is 88.4 Å². The minimum atomic E-state index is -4.12. The minimum Gasteiger partial charge on any atom is -0.378 e. The Hall–Kier alpha value is -3.40. The van der Waals surface area contributed by atoms with Crippen LogP contribution in [0.25, 0.3) is 0 Å². The van der Waals surface area contributed by atoms with Crippen molar-refractivity contribution in [1.82, 2.24) is 4.90 Å². The Morgan fingerprint density at radius 3 is 2.35 bits per heavy atom. The second-order valence-electron chi connectivity index (χ2n) is 8.71. The average molecular weight is 542 g/mol. The van der Waals surface area contributed by atoms with Crippen molar-refractivity contribution in [3.8, 4) is 0 Å². The molecule has 0 atom stereocenters. The highest BCUT2D eigenvalue weighted by Gasteiger charge is 2.29. The molecule has 194 valence electrons. The molecule has 1 fully saturated rings. The van der Waals surface area contributed by atoms with E-state index in [0.717, 1.165) is 9.87 Å². The summed E-state index contributed by atoms with van der Waals surface area (Å²) >= 11 is 6.30. The number of hydrogen-bond donors (Lipinski definition) is 1. The summed E-state index contributed by atoms with van der Waals surface area (Å²) in [6.07, 6.45) is 0. The summed E-state index contributed by atoms with van der Waals surface area (Å²) in [7, 11) is -4.12. The van der Waals surface area contributed by atoms with Crippen LogP contribution in [0.4, 0.5) is 11.4 Å². The van der Waals surface area contributed by atoms with E-state index < -0.39 is 22.5 Å². The Balaban J connectivity index is 1.65. The third-order valence-electron chi connectivity index (χ3n) is 6.13. The van der Waals surface area contributed by atoms with Crippen molar-refractivity contribution >= 4 is 44.8 Å². The van der Waals surface area contributed by atoms with Crippen LogP contribution >= 0.6 is 11.6 Å². The van der Waals surface area contributed by atoms with E-state index in [-0.39, 0.29) is 10.8 Å². The van der Waals surface area contributed by atoms with Gasteiger partial charge in [-0.05, 0) is 55.8 Å². The van der Waals surface area contributed by atoms with E-state index >= 15 is 0 Å². The van der Waals surface area contributed by atoms with Crippen molar-refractivity contribution in [2.24, 2.45) is 0 Å². The van der Waals surface area contributed by atoms with Gasteiger partial charge in [-0.2, -0.15) is 0 Å². The van der Waals surface area contributed by atoms with Crippen LogP contribution in [0.5, 0.6) is 0 Å². The first-order chi connectivity index (χ1) is 17.7. The maximum Gasteiger partial charge on any atom is 0.264 e. The molecule has 0 saturated carbocycles. The van der Waals surface area contributed by atoms with E-state index in [0.29, 0.717) is 53.8 Å². The number of anilines is 2. The van der Waals surface area contributed by atoms with Crippen molar-refractivity contribution in [3.63, 3.8) is 0 Å². The zero-order valence-electron chi connectivity index (χ0n) is 20.6. The second-order valence-corrected chi connectivity index (χ2v) is 11.0. The predicted octanol–water partition coefficient (Wildman–Crippen LogP) is 4.26. The van der Waals surface area contributed by atoms with Crippen LogP contribution in [0, 0.1) is 13.8 Å².